The predicted octanol–water partition coefficient (Wildman–Crippen LogP) is 2.71. The van der Waals surface area contributed by atoms with Gasteiger partial charge in [-0.15, -0.1) is 11.3 Å². The van der Waals surface area contributed by atoms with Gasteiger partial charge in [0.25, 0.3) is 0 Å². The summed E-state index contributed by atoms with van der Waals surface area (Å²) in [5, 5.41) is 12.0. The highest BCUT2D eigenvalue weighted by atomic mass is 35.5. The van der Waals surface area contributed by atoms with Crippen LogP contribution >= 0.6 is 22.9 Å². The van der Waals surface area contributed by atoms with E-state index in [1.54, 1.807) is 11.3 Å². The van der Waals surface area contributed by atoms with Gasteiger partial charge in [0.15, 0.2) is 0 Å². The maximum Gasteiger partial charge on any atom is 0.0586 e. The Hall–Kier alpha value is -0.0500. The highest BCUT2D eigenvalue weighted by Gasteiger charge is 2.06. The molecule has 0 saturated carbocycles. The molecule has 1 unspecified atom stereocenters. The average Bonchev–Trinajstić information content (AvgIpc) is 2.37. The van der Waals surface area contributed by atoms with Gasteiger partial charge in [-0.05, 0) is 17.9 Å². The normalized spacial score (nSPS) is 13.4. The summed E-state index contributed by atoms with van der Waals surface area (Å²) < 4.78 is 0. The number of rotatable bonds is 3. The number of aliphatic hydroxyl groups is 1. The van der Waals surface area contributed by atoms with Crippen molar-refractivity contribution in [2.75, 3.05) is 0 Å². The lowest BCUT2D eigenvalue weighted by Crippen LogP contribution is -2.07. The van der Waals surface area contributed by atoms with E-state index in [9.17, 15) is 5.11 Å². The van der Waals surface area contributed by atoms with Gasteiger partial charge in [-0.1, -0.05) is 18.5 Å². The van der Waals surface area contributed by atoms with Crippen molar-refractivity contribution >= 4 is 22.9 Å². The average molecular weight is 191 g/mol. The fourth-order valence-electron chi connectivity index (χ4n) is 0.829. The van der Waals surface area contributed by atoms with Crippen LogP contribution in [0.2, 0.25) is 5.02 Å². The van der Waals surface area contributed by atoms with Crippen molar-refractivity contribution in [3.8, 4) is 0 Å². The highest BCUT2D eigenvalue weighted by molar-refractivity contribution is 7.10. The van der Waals surface area contributed by atoms with E-state index >= 15 is 0 Å². The Labute approximate surface area is 75.6 Å². The summed E-state index contributed by atoms with van der Waals surface area (Å²) in [6.07, 6.45) is 1.23. The first-order valence-electron chi connectivity index (χ1n) is 3.64. The van der Waals surface area contributed by atoms with Gasteiger partial charge < -0.3 is 5.11 Å². The summed E-state index contributed by atoms with van der Waals surface area (Å²) in [6, 6.07) is 1.87. The van der Waals surface area contributed by atoms with Gasteiger partial charge in [0.05, 0.1) is 11.1 Å². The number of thiophene rings is 1. The van der Waals surface area contributed by atoms with Crippen LogP contribution in [0.15, 0.2) is 11.4 Å². The largest absolute Gasteiger partial charge is 0.393 e. The molecule has 1 nitrogen and oxygen atoms in total. The lowest BCUT2D eigenvalue weighted by atomic mass is 10.2. The van der Waals surface area contributed by atoms with Gasteiger partial charge in [0.2, 0.25) is 0 Å². The highest BCUT2D eigenvalue weighted by Crippen LogP contribution is 2.23. The van der Waals surface area contributed by atoms with Crippen molar-refractivity contribution in [1.82, 2.24) is 0 Å². The van der Waals surface area contributed by atoms with Crippen LogP contribution in [0.1, 0.15) is 18.2 Å². The van der Waals surface area contributed by atoms with Gasteiger partial charge in [0, 0.05) is 11.3 Å². The van der Waals surface area contributed by atoms with Crippen LogP contribution in [-0.4, -0.2) is 11.2 Å². The van der Waals surface area contributed by atoms with E-state index in [2.05, 4.69) is 0 Å². The van der Waals surface area contributed by atoms with E-state index < -0.39 is 0 Å². The van der Waals surface area contributed by atoms with Crippen LogP contribution < -0.4 is 0 Å². The SMILES string of the molecule is CCC(O)Cc1sccc1Cl. The van der Waals surface area contributed by atoms with E-state index in [0.717, 1.165) is 16.3 Å². The molecule has 11 heavy (non-hydrogen) atoms. The van der Waals surface area contributed by atoms with Gasteiger partial charge >= 0.3 is 0 Å². The van der Waals surface area contributed by atoms with Crippen LogP contribution in [0, 0.1) is 0 Å². The monoisotopic (exact) mass is 190 g/mol. The number of hydrogen-bond donors (Lipinski definition) is 1. The van der Waals surface area contributed by atoms with E-state index in [-0.39, 0.29) is 6.10 Å². The minimum absolute atomic E-state index is 0.244. The first-order chi connectivity index (χ1) is 5.24. The van der Waals surface area contributed by atoms with Crippen LogP contribution in [0.3, 0.4) is 0 Å². The Morgan fingerprint density at radius 1 is 1.73 bits per heavy atom. The first-order valence-corrected chi connectivity index (χ1v) is 4.89. The third-order valence-corrected chi connectivity index (χ3v) is 2.99. The molecule has 1 N–H and O–H groups in total. The fourth-order valence-corrected chi connectivity index (χ4v) is 2.02. The molecule has 1 aromatic rings. The second-order valence-electron chi connectivity index (χ2n) is 2.46. The zero-order chi connectivity index (χ0) is 8.27. The predicted molar refractivity (Wildman–Crippen MR) is 49.3 cm³/mol. The molecule has 0 aliphatic heterocycles. The van der Waals surface area contributed by atoms with Crippen molar-refractivity contribution in [2.24, 2.45) is 0 Å². The molecule has 0 bridgehead atoms. The van der Waals surface area contributed by atoms with Crippen molar-refractivity contribution < 1.29 is 5.11 Å². The topological polar surface area (TPSA) is 20.2 Å². The molecule has 1 rings (SSSR count). The first kappa shape index (κ1) is 9.04. The minimum atomic E-state index is -0.244. The van der Waals surface area contributed by atoms with Crippen molar-refractivity contribution in [3.63, 3.8) is 0 Å². The fraction of sp³-hybridized carbons (Fsp3) is 0.500. The summed E-state index contributed by atoms with van der Waals surface area (Å²) in [6.45, 7) is 1.96. The number of halogens is 1. The Morgan fingerprint density at radius 3 is 2.91 bits per heavy atom. The third kappa shape index (κ3) is 2.47. The molecular formula is C8H11ClOS. The molecule has 1 aromatic heterocycles. The number of aliphatic hydroxyl groups excluding tert-OH is 1. The Bertz CT molecular complexity index is 222. The quantitative estimate of drug-likeness (QED) is 0.777. The van der Waals surface area contributed by atoms with Crippen LogP contribution in [0.4, 0.5) is 0 Å². The van der Waals surface area contributed by atoms with E-state index in [1.807, 2.05) is 18.4 Å². The Morgan fingerprint density at radius 2 is 2.45 bits per heavy atom. The molecule has 1 atom stereocenters. The van der Waals surface area contributed by atoms with Gasteiger partial charge in [-0.3, -0.25) is 0 Å². The van der Waals surface area contributed by atoms with Gasteiger partial charge in [-0.2, -0.15) is 0 Å². The molecule has 0 aliphatic carbocycles. The molecule has 0 radical (unpaired) electrons. The molecule has 3 heteroatoms. The maximum atomic E-state index is 9.30. The Balaban J connectivity index is 2.56. The van der Waals surface area contributed by atoms with Gasteiger partial charge in [0.1, 0.15) is 0 Å². The summed E-state index contributed by atoms with van der Waals surface area (Å²) in [5.74, 6) is 0. The van der Waals surface area contributed by atoms with Crippen molar-refractivity contribution in [1.29, 1.82) is 0 Å². The number of hydrogen-bond acceptors (Lipinski definition) is 2. The minimum Gasteiger partial charge on any atom is -0.393 e. The van der Waals surface area contributed by atoms with E-state index in [4.69, 9.17) is 11.6 Å². The van der Waals surface area contributed by atoms with Crippen LogP contribution in [0.5, 0.6) is 0 Å². The van der Waals surface area contributed by atoms with Crippen molar-refractivity contribution in [2.45, 2.75) is 25.9 Å². The van der Waals surface area contributed by atoms with Crippen LogP contribution in [0.25, 0.3) is 0 Å². The lowest BCUT2D eigenvalue weighted by Gasteiger charge is -2.04. The smallest absolute Gasteiger partial charge is 0.0586 e. The Kier molecular flexibility index (Phi) is 3.37. The van der Waals surface area contributed by atoms with Crippen LogP contribution in [-0.2, 0) is 6.42 Å². The van der Waals surface area contributed by atoms with Crippen molar-refractivity contribution in [3.05, 3.63) is 21.3 Å². The summed E-state index contributed by atoms with van der Waals surface area (Å²) >= 11 is 7.44. The molecule has 0 amide bonds. The molecule has 0 fully saturated rings. The van der Waals surface area contributed by atoms with Gasteiger partial charge in [-0.25, -0.2) is 0 Å². The second-order valence-corrected chi connectivity index (χ2v) is 3.87. The standard InChI is InChI=1S/C8H11ClOS/c1-2-6(10)5-8-7(9)3-4-11-8/h3-4,6,10H,2,5H2,1H3. The summed E-state index contributed by atoms with van der Waals surface area (Å²) in [5.41, 5.74) is 0. The molecule has 62 valence electrons. The zero-order valence-electron chi connectivity index (χ0n) is 6.38. The molecule has 0 aromatic carbocycles. The summed E-state index contributed by atoms with van der Waals surface area (Å²) in [4.78, 5) is 1.08. The maximum absolute atomic E-state index is 9.30. The molecule has 0 aliphatic rings. The molecule has 0 saturated heterocycles. The molecular weight excluding hydrogens is 180 g/mol. The zero-order valence-corrected chi connectivity index (χ0v) is 7.95. The van der Waals surface area contributed by atoms with E-state index in [0.29, 0.717) is 6.42 Å². The summed E-state index contributed by atoms with van der Waals surface area (Å²) in [7, 11) is 0. The molecule has 1 heterocycles. The lowest BCUT2D eigenvalue weighted by molar-refractivity contribution is 0.172. The molecule has 0 spiro atoms. The van der Waals surface area contributed by atoms with E-state index in [1.165, 1.54) is 0 Å². The third-order valence-electron chi connectivity index (χ3n) is 1.58. The second kappa shape index (κ2) is 4.10.